The summed E-state index contributed by atoms with van der Waals surface area (Å²) < 4.78 is 5.24. The smallest absolute Gasteiger partial charge is 0.306 e. The van der Waals surface area contributed by atoms with Gasteiger partial charge in [0.05, 0.1) is 12.5 Å². The van der Waals surface area contributed by atoms with Crippen LogP contribution in [0.3, 0.4) is 0 Å². The first-order valence-corrected chi connectivity index (χ1v) is 7.17. The molecule has 3 unspecified atom stereocenters. The minimum atomic E-state index is -0.615. The summed E-state index contributed by atoms with van der Waals surface area (Å²) >= 11 is 0. The Morgan fingerprint density at radius 1 is 1.33 bits per heavy atom. The van der Waals surface area contributed by atoms with Crippen LogP contribution >= 0.6 is 0 Å². The fourth-order valence-electron chi connectivity index (χ4n) is 3.12. The van der Waals surface area contributed by atoms with E-state index in [0.29, 0.717) is 12.0 Å². The van der Waals surface area contributed by atoms with Gasteiger partial charge in [0, 0.05) is 13.2 Å². The highest BCUT2D eigenvalue weighted by atomic mass is 16.5. The Bertz CT molecular complexity index is 278. The van der Waals surface area contributed by atoms with Gasteiger partial charge in [-0.2, -0.15) is 0 Å². The second kappa shape index (κ2) is 6.53. The molecule has 0 amide bonds. The second-order valence-electron chi connectivity index (χ2n) is 5.80. The lowest BCUT2D eigenvalue weighted by molar-refractivity contribution is -0.144. The predicted molar refractivity (Wildman–Crippen MR) is 69.5 cm³/mol. The number of aliphatic carboxylic acids is 1. The number of carbonyl (C=O) groups is 1. The molecular formula is C14H25NO3. The van der Waals surface area contributed by atoms with E-state index in [1.54, 1.807) is 7.11 Å². The van der Waals surface area contributed by atoms with E-state index in [0.717, 1.165) is 38.3 Å². The molecule has 0 heterocycles. The molecule has 0 aromatic heterocycles. The standard InChI is InChI=1S/C14H25NO3/c1-18-9-13(10-6-7-10)15-8-11-4-2-3-5-12(11)14(16)17/h10-13,15H,2-9H2,1H3,(H,16,17). The van der Waals surface area contributed by atoms with Gasteiger partial charge in [0.1, 0.15) is 0 Å². The molecule has 3 atom stereocenters. The summed E-state index contributed by atoms with van der Waals surface area (Å²) in [6.07, 6.45) is 6.71. The first-order valence-electron chi connectivity index (χ1n) is 7.17. The Morgan fingerprint density at radius 3 is 2.67 bits per heavy atom. The highest BCUT2D eigenvalue weighted by Crippen LogP contribution is 2.34. The van der Waals surface area contributed by atoms with Crippen LogP contribution in [0.5, 0.6) is 0 Å². The van der Waals surface area contributed by atoms with E-state index in [4.69, 9.17) is 4.74 Å². The Hall–Kier alpha value is -0.610. The summed E-state index contributed by atoms with van der Waals surface area (Å²) in [4.78, 5) is 11.2. The van der Waals surface area contributed by atoms with Crippen LogP contribution in [0.15, 0.2) is 0 Å². The lowest BCUT2D eigenvalue weighted by Gasteiger charge is -2.30. The third-order valence-corrected chi connectivity index (χ3v) is 4.41. The second-order valence-corrected chi connectivity index (χ2v) is 5.80. The van der Waals surface area contributed by atoms with Crippen molar-refractivity contribution in [1.82, 2.24) is 5.32 Å². The van der Waals surface area contributed by atoms with Crippen LogP contribution in [0.4, 0.5) is 0 Å². The molecule has 0 spiro atoms. The summed E-state index contributed by atoms with van der Waals surface area (Å²) in [5, 5.41) is 12.8. The van der Waals surface area contributed by atoms with E-state index < -0.39 is 5.97 Å². The average molecular weight is 255 g/mol. The van der Waals surface area contributed by atoms with E-state index in [1.807, 2.05) is 0 Å². The van der Waals surface area contributed by atoms with Gasteiger partial charge in [-0.05, 0) is 44.1 Å². The Kier molecular flexibility index (Phi) is 5.01. The molecule has 0 bridgehead atoms. The number of methoxy groups -OCH3 is 1. The van der Waals surface area contributed by atoms with Gasteiger partial charge >= 0.3 is 5.97 Å². The molecule has 0 saturated heterocycles. The molecule has 4 nitrogen and oxygen atoms in total. The molecule has 0 aromatic carbocycles. The van der Waals surface area contributed by atoms with Crippen molar-refractivity contribution in [3.05, 3.63) is 0 Å². The van der Waals surface area contributed by atoms with Gasteiger partial charge in [-0.1, -0.05) is 12.8 Å². The van der Waals surface area contributed by atoms with E-state index in [2.05, 4.69) is 5.32 Å². The van der Waals surface area contributed by atoms with Crippen LogP contribution in [0.25, 0.3) is 0 Å². The number of carboxylic acids is 1. The molecule has 2 aliphatic rings. The van der Waals surface area contributed by atoms with Gasteiger partial charge in [0.2, 0.25) is 0 Å². The van der Waals surface area contributed by atoms with Gasteiger partial charge in [-0.15, -0.1) is 0 Å². The van der Waals surface area contributed by atoms with Crippen molar-refractivity contribution in [2.45, 2.75) is 44.6 Å². The fraction of sp³-hybridized carbons (Fsp3) is 0.929. The van der Waals surface area contributed by atoms with Crippen LogP contribution < -0.4 is 5.32 Å². The number of hydrogen-bond donors (Lipinski definition) is 2. The SMILES string of the molecule is COCC(NCC1CCCCC1C(=O)O)C1CC1. The summed E-state index contributed by atoms with van der Waals surface area (Å²) in [6.45, 7) is 1.58. The third kappa shape index (κ3) is 3.69. The summed E-state index contributed by atoms with van der Waals surface area (Å²) in [5.74, 6) is 0.288. The Morgan fingerprint density at radius 2 is 2.06 bits per heavy atom. The van der Waals surface area contributed by atoms with E-state index >= 15 is 0 Å². The minimum absolute atomic E-state index is 0.145. The van der Waals surface area contributed by atoms with Crippen molar-refractivity contribution in [3.8, 4) is 0 Å². The highest BCUT2D eigenvalue weighted by molar-refractivity contribution is 5.70. The number of carboxylic acid groups (broad SMARTS) is 1. The zero-order chi connectivity index (χ0) is 13.0. The largest absolute Gasteiger partial charge is 0.481 e. The van der Waals surface area contributed by atoms with Crippen LogP contribution in [-0.2, 0) is 9.53 Å². The van der Waals surface area contributed by atoms with Crippen LogP contribution in [0.2, 0.25) is 0 Å². The summed E-state index contributed by atoms with van der Waals surface area (Å²) in [5.41, 5.74) is 0. The minimum Gasteiger partial charge on any atom is -0.481 e. The van der Waals surface area contributed by atoms with Crippen molar-refractivity contribution < 1.29 is 14.6 Å². The lowest BCUT2D eigenvalue weighted by Crippen LogP contribution is -2.42. The topological polar surface area (TPSA) is 58.6 Å². The van der Waals surface area contributed by atoms with Crippen molar-refractivity contribution in [1.29, 1.82) is 0 Å². The third-order valence-electron chi connectivity index (χ3n) is 4.41. The maximum Gasteiger partial charge on any atom is 0.306 e. The zero-order valence-electron chi connectivity index (χ0n) is 11.2. The van der Waals surface area contributed by atoms with Crippen LogP contribution in [0.1, 0.15) is 38.5 Å². The first-order chi connectivity index (χ1) is 8.72. The van der Waals surface area contributed by atoms with E-state index in [1.165, 1.54) is 19.3 Å². The summed E-state index contributed by atoms with van der Waals surface area (Å²) in [7, 11) is 1.73. The number of rotatable bonds is 7. The molecule has 2 N–H and O–H groups in total. The van der Waals surface area contributed by atoms with E-state index in [-0.39, 0.29) is 5.92 Å². The molecule has 18 heavy (non-hydrogen) atoms. The molecular weight excluding hydrogens is 230 g/mol. The van der Waals surface area contributed by atoms with E-state index in [9.17, 15) is 9.90 Å². The molecule has 2 rings (SSSR count). The van der Waals surface area contributed by atoms with Gasteiger partial charge in [-0.25, -0.2) is 0 Å². The van der Waals surface area contributed by atoms with Gasteiger partial charge in [-0.3, -0.25) is 4.79 Å². The molecule has 104 valence electrons. The van der Waals surface area contributed by atoms with Gasteiger partial charge in [0.15, 0.2) is 0 Å². The Balaban J connectivity index is 1.80. The van der Waals surface area contributed by atoms with Crippen molar-refractivity contribution in [3.63, 3.8) is 0 Å². The molecule has 0 radical (unpaired) electrons. The summed E-state index contributed by atoms with van der Waals surface area (Å²) in [6, 6.07) is 0.423. The molecule has 0 aliphatic heterocycles. The molecule has 2 saturated carbocycles. The molecule has 2 fully saturated rings. The Labute approximate surface area is 109 Å². The maximum absolute atomic E-state index is 11.2. The van der Waals surface area contributed by atoms with Crippen molar-refractivity contribution in [2.75, 3.05) is 20.3 Å². The van der Waals surface area contributed by atoms with Gasteiger partial charge < -0.3 is 15.2 Å². The van der Waals surface area contributed by atoms with Crippen molar-refractivity contribution in [2.24, 2.45) is 17.8 Å². The predicted octanol–water partition coefficient (Wildman–Crippen LogP) is 1.89. The first kappa shape index (κ1) is 13.8. The van der Waals surface area contributed by atoms with Crippen LogP contribution in [-0.4, -0.2) is 37.4 Å². The molecule has 4 heteroatoms. The molecule has 2 aliphatic carbocycles. The molecule has 0 aromatic rings. The zero-order valence-corrected chi connectivity index (χ0v) is 11.2. The number of nitrogens with one attached hydrogen (secondary N) is 1. The van der Waals surface area contributed by atoms with Crippen molar-refractivity contribution >= 4 is 5.97 Å². The quantitative estimate of drug-likeness (QED) is 0.729. The number of hydrogen-bond acceptors (Lipinski definition) is 3. The maximum atomic E-state index is 11.2. The lowest BCUT2D eigenvalue weighted by atomic mass is 9.79. The normalized spacial score (nSPS) is 30.1. The van der Waals surface area contributed by atoms with Crippen LogP contribution in [0, 0.1) is 17.8 Å². The highest BCUT2D eigenvalue weighted by Gasteiger charge is 2.34. The average Bonchev–Trinajstić information content (AvgIpc) is 3.19. The monoisotopic (exact) mass is 255 g/mol. The number of ether oxygens (including phenoxy) is 1. The van der Waals surface area contributed by atoms with Gasteiger partial charge in [0.25, 0.3) is 0 Å². The fourth-order valence-corrected chi connectivity index (χ4v) is 3.12.